The summed E-state index contributed by atoms with van der Waals surface area (Å²) in [6.07, 6.45) is 6.87. The fourth-order valence-corrected chi connectivity index (χ4v) is 7.54. The molecule has 0 radical (unpaired) electrons. The largest absolute Gasteiger partial charge is 0.465 e. The van der Waals surface area contributed by atoms with Crippen molar-refractivity contribution in [1.82, 2.24) is 0 Å². The van der Waals surface area contributed by atoms with Gasteiger partial charge in [0.1, 0.15) is 28.6 Å². The Bertz CT molecular complexity index is 2350. The first kappa shape index (κ1) is 53.3. The van der Waals surface area contributed by atoms with Gasteiger partial charge < -0.3 is 42.6 Å². The molecule has 0 bridgehead atoms. The van der Waals surface area contributed by atoms with Gasteiger partial charge in [-0.2, -0.15) is 0 Å². The lowest BCUT2D eigenvalue weighted by atomic mass is 9.82. The average Bonchev–Trinajstić information content (AvgIpc) is 3.38. The molecule has 5 rings (SSSR count). The molecular formula is C52H56O18. The van der Waals surface area contributed by atoms with Gasteiger partial charge in [0.05, 0.1) is 68.3 Å². The molecule has 0 saturated heterocycles. The van der Waals surface area contributed by atoms with E-state index in [1.54, 1.807) is 0 Å². The predicted octanol–water partition coefficient (Wildman–Crippen LogP) is 7.44. The van der Waals surface area contributed by atoms with E-state index in [1.807, 2.05) is 0 Å². The Balaban J connectivity index is 1.01. The topological polar surface area (TPSA) is 237 Å². The Hall–Kier alpha value is -7.63. The van der Waals surface area contributed by atoms with Crippen LogP contribution in [0, 0.1) is 23.7 Å². The molecule has 0 aliphatic heterocycles. The number of hydrogen-bond donors (Lipinski definition) is 0. The predicted molar refractivity (Wildman–Crippen MR) is 245 cm³/mol. The fraction of sp³-hybridized carbons (Fsp3) is 0.404. The van der Waals surface area contributed by atoms with Crippen LogP contribution in [0.25, 0.3) is 0 Å². The van der Waals surface area contributed by atoms with E-state index in [9.17, 15) is 43.2 Å². The SMILES string of the molecule is C=CC(=O)OCCCCOC(=O)c1ccc(OC(=O)C2CCC(C(=O)Oc3ccc(OC(=O)C4CCC(C(=O)Oc5ccc(C(=O)OCCCCOC(=O)C=C)cc5)CC4)c(C(=O)OC)c3)CC2)cc1. The number of hydrogen-bond acceptors (Lipinski definition) is 18. The molecule has 0 heterocycles. The van der Waals surface area contributed by atoms with Crippen LogP contribution in [0.2, 0.25) is 0 Å². The number of esters is 9. The third-order valence-electron chi connectivity index (χ3n) is 11.6. The lowest BCUT2D eigenvalue weighted by molar-refractivity contribution is -0.145. The molecule has 18 nitrogen and oxygen atoms in total. The monoisotopic (exact) mass is 968 g/mol. The van der Waals surface area contributed by atoms with Crippen molar-refractivity contribution in [3.63, 3.8) is 0 Å². The van der Waals surface area contributed by atoms with Gasteiger partial charge in [-0.05, 0) is 144 Å². The van der Waals surface area contributed by atoms with E-state index in [1.165, 1.54) is 66.7 Å². The molecule has 0 aromatic heterocycles. The number of benzene rings is 3. The second-order valence-electron chi connectivity index (χ2n) is 16.4. The van der Waals surface area contributed by atoms with E-state index in [0.717, 1.165) is 19.3 Å². The first-order valence-corrected chi connectivity index (χ1v) is 23.0. The zero-order valence-corrected chi connectivity index (χ0v) is 38.9. The maximum atomic E-state index is 13.3. The molecule has 0 amide bonds. The van der Waals surface area contributed by atoms with Crippen LogP contribution < -0.4 is 18.9 Å². The summed E-state index contributed by atoms with van der Waals surface area (Å²) >= 11 is 0. The summed E-state index contributed by atoms with van der Waals surface area (Å²) in [4.78, 5) is 112. The first-order valence-electron chi connectivity index (χ1n) is 23.0. The third kappa shape index (κ3) is 16.6. The van der Waals surface area contributed by atoms with Crippen LogP contribution in [0.15, 0.2) is 92.0 Å². The van der Waals surface area contributed by atoms with Crippen LogP contribution in [0.1, 0.15) is 108 Å². The van der Waals surface area contributed by atoms with E-state index < -0.39 is 77.4 Å². The highest BCUT2D eigenvalue weighted by atomic mass is 16.6. The van der Waals surface area contributed by atoms with Gasteiger partial charge in [-0.15, -0.1) is 0 Å². The summed E-state index contributed by atoms with van der Waals surface area (Å²) in [7, 11) is 1.16. The van der Waals surface area contributed by atoms with E-state index in [4.69, 9.17) is 42.6 Å². The molecule has 18 heteroatoms. The van der Waals surface area contributed by atoms with Crippen molar-refractivity contribution in [2.75, 3.05) is 33.5 Å². The molecule has 70 heavy (non-hydrogen) atoms. The van der Waals surface area contributed by atoms with Gasteiger partial charge in [0, 0.05) is 12.2 Å². The van der Waals surface area contributed by atoms with Crippen LogP contribution in [-0.2, 0) is 52.5 Å². The van der Waals surface area contributed by atoms with E-state index >= 15 is 0 Å². The average molecular weight is 969 g/mol. The Morgan fingerprint density at radius 3 is 1.13 bits per heavy atom. The van der Waals surface area contributed by atoms with Gasteiger partial charge in [0.2, 0.25) is 0 Å². The minimum Gasteiger partial charge on any atom is -0.465 e. The number of rotatable bonds is 23. The lowest BCUT2D eigenvalue weighted by Gasteiger charge is -2.26. The first-order chi connectivity index (χ1) is 33.8. The number of carbonyl (C=O) groups is 9. The Kier molecular flexibility index (Phi) is 20.9. The number of unbranched alkanes of at least 4 members (excludes halogenated alkanes) is 2. The van der Waals surface area contributed by atoms with E-state index in [-0.39, 0.29) is 66.1 Å². The number of methoxy groups -OCH3 is 1. The Morgan fingerprint density at radius 2 is 0.771 bits per heavy atom. The normalized spacial score (nSPS) is 17.3. The zero-order valence-electron chi connectivity index (χ0n) is 38.9. The molecule has 2 aliphatic carbocycles. The van der Waals surface area contributed by atoms with Crippen molar-refractivity contribution in [3.8, 4) is 23.0 Å². The number of ether oxygens (including phenoxy) is 9. The molecule has 2 fully saturated rings. The fourth-order valence-electron chi connectivity index (χ4n) is 7.54. The van der Waals surface area contributed by atoms with Gasteiger partial charge in [-0.25, -0.2) is 24.0 Å². The molecule has 372 valence electrons. The van der Waals surface area contributed by atoms with Crippen LogP contribution >= 0.6 is 0 Å². The minimum absolute atomic E-state index is 0.0246. The van der Waals surface area contributed by atoms with E-state index in [2.05, 4.69) is 13.2 Å². The van der Waals surface area contributed by atoms with Gasteiger partial charge in [0.25, 0.3) is 0 Å². The van der Waals surface area contributed by atoms with Gasteiger partial charge in [0.15, 0.2) is 0 Å². The summed E-state index contributed by atoms with van der Waals surface area (Å²) in [5, 5.41) is 0. The van der Waals surface area contributed by atoms with Crippen molar-refractivity contribution < 1.29 is 85.8 Å². The van der Waals surface area contributed by atoms with Gasteiger partial charge in [-0.1, -0.05) is 13.2 Å². The van der Waals surface area contributed by atoms with Crippen molar-refractivity contribution >= 4 is 53.7 Å². The summed E-state index contributed by atoms with van der Waals surface area (Å²) in [5.41, 5.74) is 0.395. The quantitative estimate of drug-likeness (QED) is 0.0295. The Labute approximate surface area is 404 Å². The lowest BCUT2D eigenvalue weighted by Crippen LogP contribution is -2.31. The summed E-state index contributed by atoms with van der Waals surface area (Å²) in [6.45, 7) is 7.29. The van der Waals surface area contributed by atoms with Crippen molar-refractivity contribution in [2.45, 2.75) is 77.0 Å². The maximum absolute atomic E-state index is 13.3. The molecule has 0 N–H and O–H groups in total. The molecule has 2 aliphatic rings. The smallest absolute Gasteiger partial charge is 0.341 e. The second-order valence-corrected chi connectivity index (χ2v) is 16.4. The Morgan fingerprint density at radius 1 is 0.443 bits per heavy atom. The maximum Gasteiger partial charge on any atom is 0.341 e. The molecule has 0 unspecified atom stereocenters. The standard InChI is InChI=1S/C52H56O18/c1-4-44(53)63-28-6-8-30-65-46(55)33-18-22-39(23-19-33)67-48(57)35-10-12-37(13-11-35)50(59)69-41-26-27-43(42(32-41)52(61)62-3)70-51(60)38-16-14-36(15-17-38)49(58)68-40-24-20-34(21-25-40)47(56)66-31-9-7-29-64-45(54)5-2/h4-5,18-27,32,35-38H,1-2,6-17,28-31H2,3H3. The molecule has 3 aromatic carbocycles. The van der Waals surface area contributed by atoms with Gasteiger partial charge >= 0.3 is 53.7 Å². The minimum atomic E-state index is -0.830. The van der Waals surface area contributed by atoms with Crippen LogP contribution in [0.5, 0.6) is 23.0 Å². The second kappa shape index (κ2) is 27.4. The summed E-state index contributed by atoms with van der Waals surface area (Å²) < 4.78 is 47.5. The summed E-state index contributed by atoms with van der Waals surface area (Å²) in [6, 6.07) is 15.9. The van der Waals surface area contributed by atoms with Crippen molar-refractivity contribution in [2.24, 2.45) is 23.7 Å². The van der Waals surface area contributed by atoms with E-state index in [0.29, 0.717) is 77.0 Å². The van der Waals surface area contributed by atoms with Crippen molar-refractivity contribution in [1.29, 1.82) is 0 Å². The summed E-state index contributed by atoms with van der Waals surface area (Å²) in [5.74, 6) is -6.76. The highest BCUT2D eigenvalue weighted by Crippen LogP contribution is 2.35. The highest BCUT2D eigenvalue weighted by Gasteiger charge is 2.34. The van der Waals surface area contributed by atoms with Crippen LogP contribution in [0.3, 0.4) is 0 Å². The molecule has 3 aromatic rings. The molecule has 2 saturated carbocycles. The van der Waals surface area contributed by atoms with Gasteiger partial charge in [-0.3, -0.25) is 19.2 Å². The third-order valence-corrected chi connectivity index (χ3v) is 11.6. The number of carbonyl (C=O) groups excluding carboxylic acids is 9. The van der Waals surface area contributed by atoms with Crippen molar-refractivity contribution in [3.05, 3.63) is 109 Å². The van der Waals surface area contributed by atoms with Crippen LogP contribution in [0.4, 0.5) is 0 Å². The highest BCUT2D eigenvalue weighted by molar-refractivity contribution is 5.94. The molecular weight excluding hydrogens is 913 g/mol. The van der Waals surface area contributed by atoms with Crippen LogP contribution in [-0.4, -0.2) is 87.3 Å². The zero-order chi connectivity index (χ0) is 50.4. The molecule has 0 atom stereocenters. The molecule has 0 spiro atoms.